The van der Waals surface area contributed by atoms with Gasteiger partial charge in [-0.1, -0.05) is 99.0 Å². The van der Waals surface area contributed by atoms with Crippen molar-refractivity contribution in [1.82, 2.24) is 0 Å². The molecule has 0 aliphatic rings. The number of benzene rings is 4. The average Bonchev–Trinajstić information content (AvgIpc) is 3.02. The molecule has 0 heterocycles. The second-order valence-electron chi connectivity index (χ2n) is 9.70. The van der Waals surface area contributed by atoms with E-state index in [4.69, 9.17) is 18.9 Å². The molecule has 4 aromatic carbocycles. The summed E-state index contributed by atoms with van der Waals surface area (Å²) in [7, 11) is 0. The van der Waals surface area contributed by atoms with Gasteiger partial charge >= 0.3 is 23.9 Å². The summed E-state index contributed by atoms with van der Waals surface area (Å²) in [4.78, 5) is 56.9. The van der Waals surface area contributed by atoms with Crippen LogP contribution in [0.2, 0.25) is 0 Å². The number of esters is 4. The number of unbranched alkanes of at least 4 members (excludes halogenated alkanes) is 2. The lowest BCUT2D eigenvalue weighted by molar-refractivity contribution is -0.181. The van der Waals surface area contributed by atoms with Crippen LogP contribution in [0.4, 0.5) is 0 Å². The summed E-state index contributed by atoms with van der Waals surface area (Å²) < 4.78 is 22.6. The Morgan fingerprint density at radius 1 is 0.512 bits per heavy atom. The van der Waals surface area contributed by atoms with E-state index in [0.717, 1.165) is 6.42 Å². The minimum atomic E-state index is -2.90. The van der Waals surface area contributed by atoms with Crippen LogP contribution in [0.25, 0.3) is 0 Å². The molecule has 1 atom stereocenters. The predicted molar refractivity (Wildman–Crippen MR) is 158 cm³/mol. The van der Waals surface area contributed by atoms with Crippen LogP contribution in [0.1, 0.15) is 32.6 Å². The molecular formula is C35H32O8. The van der Waals surface area contributed by atoms with Crippen molar-refractivity contribution in [3.05, 3.63) is 121 Å². The lowest BCUT2D eigenvalue weighted by Gasteiger charge is -2.33. The van der Waals surface area contributed by atoms with Crippen molar-refractivity contribution in [3.63, 3.8) is 0 Å². The Labute approximate surface area is 250 Å². The van der Waals surface area contributed by atoms with Crippen molar-refractivity contribution < 1.29 is 38.1 Å². The van der Waals surface area contributed by atoms with Gasteiger partial charge < -0.3 is 18.9 Å². The van der Waals surface area contributed by atoms with Gasteiger partial charge in [0.2, 0.25) is 0 Å². The first-order valence-electron chi connectivity index (χ1n) is 14.0. The van der Waals surface area contributed by atoms with Gasteiger partial charge in [0.1, 0.15) is 23.0 Å². The Balaban J connectivity index is 1.89. The number of ether oxygens (including phenoxy) is 4. The second-order valence-corrected chi connectivity index (χ2v) is 9.70. The van der Waals surface area contributed by atoms with Gasteiger partial charge in [-0.05, 0) is 55.0 Å². The first-order valence-corrected chi connectivity index (χ1v) is 14.0. The fourth-order valence-electron chi connectivity index (χ4n) is 4.49. The topological polar surface area (TPSA) is 105 Å². The van der Waals surface area contributed by atoms with Crippen LogP contribution in [-0.2, 0) is 19.2 Å². The number of hydrogen-bond acceptors (Lipinski definition) is 8. The zero-order valence-corrected chi connectivity index (χ0v) is 23.7. The normalized spacial score (nSPS) is 11.6. The Bertz CT molecular complexity index is 1360. The summed E-state index contributed by atoms with van der Waals surface area (Å²) in [6.45, 7) is 1.96. The zero-order valence-electron chi connectivity index (χ0n) is 23.7. The highest BCUT2D eigenvalue weighted by molar-refractivity contribution is 6.21. The molecule has 4 aromatic rings. The summed E-state index contributed by atoms with van der Waals surface area (Å²) in [6.07, 6.45) is 1.74. The minimum Gasteiger partial charge on any atom is -0.426 e. The summed E-state index contributed by atoms with van der Waals surface area (Å²) >= 11 is 0. The highest BCUT2D eigenvalue weighted by Gasteiger charge is 2.66. The average molecular weight is 581 g/mol. The molecular weight excluding hydrogens is 548 g/mol. The number of carbonyl (C=O) groups is 4. The first-order chi connectivity index (χ1) is 20.9. The van der Waals surface area contributed by atoms with Gasteiger partial charge in [-0.15, -0.1) is 0 Å². The Hall–Kier alpha value is -5.24. The number of rotatable bonds is 13. The van der Waals surface area contributed by atoms with Crippen LogP contribution in [-0.4, -0.2) is 23.9 Å². The van der Waals surface area contributed by atoms with Gasteiger partial charge in [0.15, 0.2) is 0 Å². The highest BCUT2D eigenvalue weighted by Crippen LogP contribution is 2.39. The molecule has 0 aliphatic heterocycles. The molecule has 0 saturated heterocycles. The van der Waals surface area contributed by atoms with E-state index in [1.54, 1.807) is 84.9 Å². The quantitative estimate of drug-likeness (QED) is 0.0755. The van der Waals surface area contributed by atoms with Gasteiger partial charge in [-0.3, -0.25) is 4.79 Å². The second kappa shape index (κ2) is 15.1. The molecule has 4 rings (SSSR count). The van der Waals surface area contributed by atoms with E-state index in [0.29, 0.717) is 12.8 Å². The van der Waals surface area contributed by atoms with E-state index in [2.05, 4.69) is 0 Å². The fraction of sp³-hybridized carbons (Fsp3) is 0.200. The summed E-state index contributed by atoms with van der Waals surface area (Å²) in [5.41, 5.74) is -2.90. The molecule has 0 bridgehead atoms. The van der Waals surface area contributed by atoms with Gasteiger partial charge in [0, 0.05) is 0 Å². The van der Waals surface area contributed by atoms with Crippen LogP contribution in [0.3, 0.4) is 0 Å². The minimum absolute atomic E-state index is 0.0561. The van der Waals surface area contributed by atoms with E-state index < -0.39 is 35.2 Å². The molecule has 0 amide bonds. The maximum absolute atomic E-state index is 14.3. The van der Waals surface area contributed by atoms with E-state index in [-0.39, 0.29) is 29.4 Å². The molecule has 0 aromatic heterocycles. The Morgan fingerprint density at radius 2 is 0.837 bits per heavy atom. The number of carbonyl (C=O) groups excluding carboxylic acids is 4. The van der Waals surface area contributed by atoms with Gasteiger partial charge in [-0.2, -0.15) is 0 Å². The van der Waals surface area contributed by atoms with Crippen LogP contribution in [0, 0.1) is 11.3 Å². The summed E-state index contributed by atoms with van der Waals surface area (Å²) in [6, 6.07) is 32.0. The maximum Gasteiger partial charge on any atom is 0.341 e. The van der Waals surface area contributed by atoms with Crippen LogP contribution >= 0.6 is 0 Å². The molecule has 8 nitrogen and oxygen atoms in total. The zero-order chi connectivity index (χ0) is 30.5. The summed E-state index contributed by atoms with van der Waals surface area (Å²) in [5.74, 6) is -6.29. The van der Waals surface area contributed by atoms with Crippen molar-refractivity contribution in [2.24, 2.45) is 11.3 Å². The van der Waals surface area contributed by atoms with E-state index >= 15 is 0 Å². The van der Waals surface area contributed by atoms with Crippen molar-refractivity contribution in [3.8, 4) is 23.0 Å². The van der Waals surface area contributed by atoms with Crippen molar-refractivity contribution >= 4 is 23.9 Å². The smallest absolute Gasteiger partial charge is 0.341 e. The molecule has 0 spiro atoms. The molecule has 220 valence electrons. The standard InChI is InChI=1S/C35H32O8/c1-2-3-8-25-30(31(36)40-26-17-9-4-10-18-26)35(32(37)41-27-19-11-5-12-20-27,33(38)42-28-21-13-6-14-22-28)34(39)43-29-23-15-7-16-24-29/h4-7,9-24,30H,2-3,8,25H2,1H3. The van der Waals surface area contributed by atoms with E-state index in [1.807, 2.05) is 6.92 Å². The van der Waals surface area contributed by atoms with E-state index in [9.17, 15) is 19.2 Å². The summed E-state index contributed by atoms with van der Waals surface area (Å²) in [5, 5.41) is 0. The third-order valence-electron chi connectivity index (χ3n) is 6.69. The lowest BCUT2D eigenvalue weighted by atomic mass is 9.72. The first kappa shape index (κ1) is 30.7. The molecule has 0 aliphatic carbocycles. The molecule has 0 fully saturated rings. The largest absolute Gasteiger partial charge is 0.426 e. The SMILES string of the molecule is CCCCCC(C(=O)Oc1ccccc1)C(C(=O)Oc1ccccc1)(C(=O)Oc1ccccc1)C(=O)Oc1ccccc1. The monoisotopic (exact) mass is 580 g/mol. The molecule has 8 heteroatoms. The lowest BCUT2D eigenvalue weighted by Crippen LogP contribution is -2.59. The third kappa shape index (κ3) is 7.74. The number of hydrogen-bond donors (Lipinski definition) is 0. The molecule has 0 N–H and O–H groups in total. The van der Waals surface area contributed by atoms with Crippen LogP contribution < -0.4 is 18.9 Å². The van der Waals surface area contributed by atoms with Crippen molar-refractivity contribution in [2.75, 3.05) is 0 Å². The maximum atomic E-state index is 14.3. The van der Waals surface area contributed by atoms with Gasteiger partial charge in [-0.25, -0.2) is 14.4 Å². The van der Waals surface area contributed by atoms with Crippen molar-refractivity contribution in [1.29, 1.82) is 0 Å². The molecule has 0 saturated carbocycles. The number of para-hydroxylation sites is 4. The predicted octanol–water partition coefficient (Wildman–Crippen LogP) is 6.59. The van der Waals surface area contributed by atoms with Gasteiger partial charge in [0.25, 0.3) is 5.41 Å². The molecule has 0 radical (unpaired) electrons. The van der Waals surface area contributed by atoms with Crippen molar-refractivity contribution in [2.45, 2.75) is 32.6 Å². The third-order valence-corrected chi connectivity index (χ3v) is 6.69. The highest BCUT2D eigenvalue weighted by atomic mass is 16.6. The van der Waals surface area contributed by atoms with Crippen LogP contribution in [0.15, 0.2) is 121 Å². The Kier molecular flexibility index (Phi) is 10.8. The molecule has 43 heavy (non-hydrogen) atoms. The van der Waals surface area contributed by atoms with E-state index in [1.165, 1.54) is 36.4 Å². The van der Waals surface area contributed by atoms with Crippen LogP contribution in [0.5, 0.6) is 23.0 Å². The Morgan fingerprint density at radius 3 is 1.16 bits per heavy atom. The molecule has 1 unspecified atom stereocenters. The fourth-order valence-corrected chi connectivity index (χ4v) is 4.49. The van der Waals surface area contributed by atoms with Gasteiger partial charge in [0.05, 0.1) is 5.92 Å².